The van der Waals surface area contributed by atoms with E-state index in [2.05, 4.69) is 6.92 Å². The molecule has 2 nitrogen and oxygen atoms in total. The first-order valence-corrected chi connectivity index (χ1v) is 10.1. The molecule has 0 aromatic rings. The molecule has 21 heavy (non-hydrogen) atoms. The molecule has 0 amide bonds. The SMILES string of the molecule is CCC1CCC(C2CC3C=C(S(C)(=O)=O)C=C(F)C32)CC1. The molecule has 0 spiro atoms. The Kier molecular flexibility index (Phi) is 4.02. The monoisotopic (exact) mass is 312 g/mol. The molecular formula is C17H25FO2S. The van der Waals surface area contributed by atoms with Crippen molar-refractivity contribution in [3.05, 3.63) is 22.9 Å². The van der Waals surface area contributed by atoms with Crippen molar-refractivity contribution in [2.75, 3.05) is 6.26 Å². The Morgan fingerprint density at radius 2 is 1.90 bits per heavy atom. The summed E-state index contributed by atoms with van der Waals surface area (Å²) in [6.07, 6.45) is 11.5. The summed E-state index contributed by atoms with van der Waals surface area (Å²) in [5, 5.41) is 0. The van der Waals surface area contributed by atoms with E-state index in [0.29, 0.717) is 11.8 Å². The number of halogens is 1. The van der Waals surface area contributed by atoms with Crippen molar-refractivity contribution in [3.8, 4) is 0 Å². The van der Waals surface area contributed by atoms with Gasteiger partial charge in [0.1, 0.15) is 5.83 Å². The van der Waals surface area contributed by atoms with E-state index in [0.717, 1.165) is 18.6 Å². The minimum atomic E-state index is -3.29. The molecule has 0 saturated heterocycles. The van der Waals surface area contributed by atoms with Crippen LogP contribution in [0, 0.1) is 29.6 Å². The van der Waals surface area contributed by atoms with Gasteiger partial charge in [0.05, 0.1) is 4.91 Å². The largest absolute Gasteiger partial charge is 0.224 e. The number of fused-ring (bicyclic) bond motifs is 1. The molecule has 0 aromatic carbocycles. The molecule has 0 N–H and O–H groups in total. The first kappa shape index (κ1) is 15.3. The zero-order valence-electron chi connectivity index (χ0n) is 12.9. The number of hydrogen-bond donors (Lipinski definition) is 0. The molecule has 3 rings (SSSR count). The third-order valence-electron chi connectivity index (χ3n) is 5.95. The Hall–Kier alpha value is -0.640. The molecule has 3 atom stereocenters. The van der Waals surface area contributed by atoms with Crippen molar-refractivity contribution >= 4 is 9.84 Å². The fraction of sp³-hybridized carbons (Fsp3) is 0.765. The molecule has 3 unspecified atom stereocenters. The molecule has 3 aliphatic carbocycles. The number of sulfone groups is 1. The highest BCUT2D eigenvalue weighted by Gasteiger charge is 2.48. The van der Waals surface area contributed by atoms with Gasteiger partial charge in [0, 0.05) is 12.2 Å². The molecular weight excluding hydrogens is 287 g/mol. The van der Waals surface area contributed by atoms with Crippen molar-refractivity contribution in [1.82, 2.24) is 0 Å². The van der Waals surface area contributed by atoms with Crippen LogP contribution in [-0.4, -0.2) is 14.7 Å². The minimum Gasteiger partial charge on any atom is -0.224 e. The fourth-order valence-electron chi connectivity index (χ4n) is 4.54. The summed E-state index contributed by atoms with van der Waals surface area (Å²) in [5.41, 5.74) is 0. The van der Waals surface area contributed by atoms with E-state index in [9.17, 15) is 12.8 Å². The lowest BCUT2D eigenvalue weighted by Gasteiger charge is -2.50. The highest BCUT2D eigenvalue weighted by Crippen LogP contribution is 2.55. The van der Waals surface area contributed by atoms with E-state index < -0.39 is 9.84 Å². The zero-order chi connectivity index (χ0) is 15.2. The van der Waals surface area contributed by atoms with Crippen molar-refractivity contribution in [1.29, 1.82) is 0 Å². The maximum Gasteiger partial charge on any atom is 0.175 e. The van der Waals surface area contributed by atoms with Gasteiger partial charge in [0.15, 0.2) is 9.84 Å². The lowest BCUT2D eigenvalue weighted by atomic mass is 9.55. The molecule has 0 aliphatic heterocycles. The van der Waals surface area contributed by atoms with Crippen LogP contribution >= 0.6 is 0 Å². The van der Waals surface area contributed by atoms with E-state index in [-0.39, 0.29) is 22.6 Å². The smallest absolute Gasteiger partial charge is 0.175 e. The Morgan fingerprint density at radius 3 is 2.43 bits per heavy atom. The predicted octanol–water partition coefficient (Wildman–Crippen LogP) is 4.25. The van der Waals surface area contributed by atoms with Gasteiger partial charge in [0.2, 0.25) is 0 Å². The van der Waals surface area contributed by atoms with E-state index >= 15 is 0 Å². The summed E-state index contributed by atoms with van der Waals surface area (Å²) in [7, 11) is -3.29. The first-order valence-electron chi connectivity index (χ1n) is 8.19. The van der Waals surface area contributed by atoms with E-state index in [1.165, 1.54) is 38.2 Å². The van der Waals surface area contributed by atoms with Crippen molar-refractivity contribution in [2.24, 2.45) is 29.6 Å². The van der Waals surface area contributed by atoms with Gasteiger partial charge in [-0.1, -0.05) is 32.3 Å². The molecule has 3 aliphatic rings. The second-order valence-electron chi connectivity index (χ2n) is 7.15. The fourth-order valence-corrected chi connectivity index (χ4v) is 5.29. The minimum absolute atomic E-state index is 0.0429. The highest BCUT2D eigenvalue weighted by atomic mass is 32.2. The quantitative estimate of drug-likeness (QED) is 0.780. The summed E-state index contributed by atoms with van der Waals surface area (Å²) >= 11 is 0. The molecule has 0 aromatic heterocycles. The highest BCUT2D eigenvalue weighted by molar-refractivity contribution is 7.94. The van der Waals surface area contributed by atoms with Crippen LogP contribution in [0.15, 0.2) is 22.9 Å². The Bertz CT molecular complexity index is 568. The van der Waals surface area contributed by atoms with Gasteiger partial charge >= 0.3 is 0 Å². The van der Waals surface area contributed by atoms with Crippen molar-refractivity contribution in [3.63, 3.8) is 0 Å². The van der Waals surface area contributed by atoms with Gasteiger partial charge in [-0.05, 0) is 49.0 Å². The second-order valence-corrected chi connectivity index (χ2v) is 9.16. The first-order chi connectivity index (χ1) is 9.90. The Labute approximate surface area is 127 Å². The average Bonchev–Trinajstić information content (AvgIpc) is 2.39. The third kappa shape index (κ3) is 2.84. The second kappa shape index (κ2) is 5.53. The number of hydrogen-bond acceptors (Lipinski definition) is 2. The van der Waals surface area contributed by atoms with Crippen LogP contribution in [0.25, 0.3) is 0 Å². The standard InChI is InChI=1S/C17H25FO2S/c1-3-11-4-6-12(7-5-11)15-9-13-8-14(21(2,19)20)10-16(18)17(13)15/h8,10-13,15,17H,3-7,9H2,1-2H3. The maximum absolute atomic E-state index is 14.4. The van der Waals surface area contributed by atoms with Crippen LogP contribution < -0.4 is 0 Å². The molecule has 2 saturated carbocycles. The van der Waals surface area contributed by atoms with E-state index in [1.807, 2.05) is 0 Å². The third-order valence-corrected chi connectivity index (χ3v) is 7.06. The van der Waals surface area contributed by atoms with Crippen LogP contribution in [0.3, 0.4) is 0 Å². The van der Waals surface area contributed by atoms with Gasteiger partial charge in [-0.15, -0.1) is 0 Å². The van der Waals surface area contributed by atoms with Gasteiger partial charge < -0.3 is 0 Å². The summed E-state index contributed by atoms with van der Waals surface area (Å²) < 4.78 is 37.5. The van der Waals surface area contributed by atoms with Crippen molar-refractivity contribution < 1.29 is 12.8 Å². The summed E-state index contributed by atoms with van der Waals surface area (Å²) in [6.45, 7) is 2.26. The van der Waals surface area contributed by atoms with Crippen LogP contribution in [0.5, 0.6) is 0 Å². The number of rotatable bonds is 3. The summed E-state index contributed by atoms with van der Waals surface area (Å²) in [6, 6.07) is 0. The lowest BCUT2D eigenvalue weighted by Crippen LogP contribution is -2.43. The molecule has 0 heterocycles. The maximum atomic E-state index is 14.4. The Balaban J connectivity index is 1.68. The average molecular weight is 312 g/mol. The van der Waals surface area contributed by atoms with E-state index in [4.69, 9.17) is 0 Å². The normalized spacial score (nSPS) is 39.9. The van der Waals surface area contributed by atoms with Crippen molar-refractivity contribution in [2.45, 2.75) is 45.4 Å². The molecule has 0 radical (unpaired) electrons. The summed E-state index contributed by atoms with van der Waals surface area (Å²) in [4.78, 5) is 0.175. The Morgan fingerprint density at radius 1 is 1.24 bits per heavy atom. The molecule has 4 heteroatoms. The van der Waals surface area contributed by atoms with Gasteiger partial charge in [-0.3, -0.25) is 0 Å². The number of allylic oxidation sites excluding steroid dienone is 3. The van der Waals surface area contributed by atoms with Gasteiger partial charge in [-0.2, -0.15) is 0 Å². The topological polar surface area (TPSA) is 34.1 Å². The van der Waals surface area contributed by atoms with Crippen LogP contribution in [0.1, 0.15) is 45.4 Å². The molecule has 118 valence electrons. The van der Waals surface area contributed by atoms with Gasteiger partial charge in [0.25, 0.3) is 0 Å². The van der Waals surface area contributed by atoms with Crippen LogP contribution in [0.4, 0.5) is 4.39 Å². The van der Waals surface area contributed by atoms with Crippen LogP contribution in [-0.2, 0) is 9.84 Å². The zero-order valence-corrected chi connectivity index (χ0v) is 13.7. The van der Waals surface area contributed by atoms with Gasteiger partial charge in [-0.25, -0.2) is 12.8 Å². The van der Waals surface area contributed by atoms with E-state index in [1.54, 1.807) is 6.08 Å². The van der Waals surface area contributed by atoms with Crippen LogP contribution in [0.2, 0.25) is 0 Å². The molecule has 2 fully saturated rings. The predicted molar refractivity (Wildman–Crippen MR) is 82.9 cm³/mol. The lowest BCUT2D eigenvalue weighted by molar-refractivity contribution is 0.0342. The molecule has 0 bridgehead atoms. The summed E-state index contributed by atoms with van der Waals surface area (Å²) in [5.74, 6) is 1.80.